The first-order chi connectivity index (χ1) is 10.2. The molecule has 2 aromatic rings. The lowest BCUT2D eigenvalue weighted by Gasteiger charge is -2.10. The number of aromatic nitrogens is 2. The highest BCUT2D eigenvalue weighted by Crippen LogP contribution is 2.17. The number of nitrogens with zero attached hydrogens (tertiary/aromatic N) is 2. The van der Waals surface area contributed by atoms with Crippen LogP contribution in [-0.2, 0) is 16.1 Å². The Morgan fingerprint density at radius 1 is 1.48 bits per heavy atom. The van der Waals surface area contributed by atoms with Gasteiger partial charge >= 0.3 is 0 Å². The summed E-state index contributed by atoms with van der Waals surface area (Å²) in [5.41, 5.74) is 2.09. The average Bonchev–Trinajstić information content (AvgIpc) is 3.12. The van der Waals surface area contributed by atoms with Gasteiger partial charge in [-0.05, 0) is 25.8 Å². The van der Waals surface area contributed by atoms with Crippen molar-refractivity contribution in [2.75, 3.05) is 13.2 Å². The van der Waals surface area contributed by atoms with E-state index in [1.807, 2.05) is 29.8 Å². The van der Waals surface area contributed by atoms with E-state index in [-0.39, 0.29) is 12.0 Å². The molecule has 1 fully saturated rings. The summed E-state index contributed by atoms with van der Waals surface area (Å²) in [6.07, 6.45) is 2.78. The van der Waals surface area contributed by atoms with Crippen molar-refractivity contribution >= 4 is 16.8 Å². The minimum absolute atomic E-state index is 0.0581. The van der Waals surface area contributed by atoms with Crippen LogP contribution in [0.1, 0.15) is 25.0 Å². The minimum Gasteiger partial charge on any atom is -0.376 e. The van der Waals surface area contributed by atoms with Gasteiger partial charge in [0.2, 0.25) is 5.91 Å². The van der Waals surface area contributed by atoms with E-state index >= 15 is 0 Å². The molecule has 1 aliphatic heterocycles. The highest BCUT2D eigenvalue weighted by molar-refractivity contribution is 5.82. The normalized spacial score (nSPS) is 18.2. The molecule has 0 bridgehead atoms. The van der Waals surface area contributed by atoms with Crippen LogP contribution >= 0.6 is 0 Å². The maximum absolute atomic E-state index is 11.9. The van der Waals surface area contributed by atoms with Crippen LogP contribution in [0.3, 0.4) is 0 Å². The standard InChI is InChI=1S/C16H21N3O2/c1-12-14-6-2-3-7-15(14)19(18-12)9-8-16(20)17-11-13-5-4-10-21-13/h2-3,6-7,13H,4-5,8-11H2,1H3,(H,17,20)/t13-/m1/s1. The van der Waals surface area contributed by atoms with Crippen LogP contribution in [0, 0.1) is 6.92 Å². The molecule has 0 aliphatic carbocycles. The Morgan fingerprint density at radius 2 is 2.33 bits per heavy atom. The fraction of sp³-hybridized carbons (Fsp3) is 0.500. The van der Waals surface area contributed by atoms with Gasteiger partial charge in [0.05, 0.1) is 23.9 Å². The van der Waals surface area contributed by atoms with Crippen molar-refractivity contribution in [2.45, 2.75) is 38.8 Å². The van der Waals surface area contributed by atoms with Crippen molar-refractivity contribution in [1.82, 2.24) is 15.1 Å². The number of carbonyl (C=O) groups is 1. The molecule has 1 amide bonds. The number of aryl methyl sites for hydroxylation is 2. The number of ether oxygens (including phenoxy) is 1. The molecule has 1 saturated heterocycles. The molecule has 5 heteroatoms. The number of para-hydroxylation sites is 1. The maximum atomic E-state index is 11.9. The molecule has 21 heavy (non-hydrogen) atoms. The molecule has 1 aromatic heterocycles. The highest BCUT2D eigenvalue weighted by atomic mass is 16.5. The van der Waals surface area contributed by atoms with E-state index in [2.05, 4.69) is 16.5 Å². The Labute approximate surface area is 124 Å². The molecule has 0 radical (unpaired) electrons. The van der Waals surface area contributed by atoms with Gasteiger partial charge in [-0.3, -0.25) is 9.48 Å². The predicted octanol–water partition coefficient (Wildman–Crippen LogP) is 2.03. The second kappa shape index (κ2) is 6.26. The van der Waals surface area contributed by atoms with Crippen LogP contribution < -0.4 is 5.32 Å². The summed E-state index contributed by atoms with van der Waals surface area (Å²) >= 11 is 0. The van der Waals surface area contributed by atoms with Gasteiger partial charge in [-0.15, -0.1) is 0 Å². The zero-order valence-electron chi connectivity index (χ0n) is 12.3. The minimum atomic E-state index is 0.0581. The number of benzene rings is 1. The van der Waals surface area contributed by atoms with Gasteiger partial charge in [-0.1, -0.05) is 18.2 Å². The Bertz CT molecular complexity index is 629. The molecule has 1 aliphatic rings. The summed E-state index contributed by atoms with van der Waals surface area (Å²) in [5, 5.41) is 8.61. The number of nitrogens with one attached hydrogen (secondary N) is 1. The van der Waals surface area contributed by atoms with Gasteiger partial charge in [-0.25, -0.2) is 0 Å². The first kappa shape index (κ1) is 14.1. The predicted molar refractivity (Wildman–Crippen MR) is 81.1 cm³/mol. The first-order valence-corrected chi connectivity index (χ1v) is 7.54. The second-order valence-electron chi connectivity index (χ2n) is 5.51. The molecule has 1 N–H and O–H groups in total. The zero-order chi connectivity index (χ0) is 14.7. The van der Waals surface area contributed by atoms with Crippen molar-refractivity contribution in [2.24, 2.45) is 0 Å². The summed E-state index contributed by atoms with van der Waals surface area (Å²) in [5.74, 6) is 0.0581. The quantitative estimate of drug-likeness (QED) is 0.915. The molecule has 2 heterocycles. The Balaban J connectivity index is 1.55. The van der Waals surface area contributed by atoms with Gasteiger partial charge in [0.25, 0.3) is 0 Å². The van der Waals surface area contributed by atoms with Crippen LogP contribution in [-0.4, -0.2) is 34.9 Å². The van der Waals surface area contributed by atoms with E-state index in [9.17, 15) is 4.79 Å². The van der Waals surface area contributed by atoms with E-state index in [1.165, 1.54) is 0 Å². The van der Waals surface area contributed by atoms with Crippen molar-refractivity contribution in [3.63, 3.8) is 0 Å². The van der Waals surface area contributed by atoms with E-state index in [4.69, 9.17) is 4.74 Å². The monoisotopic (exact) mass is 287 g/mol. The van der Waals surface area contributed by atoms with Gasteiger partial charge in [0, 0.05) is 25.0 Å². The third-order valence-electron chi connectivity index (χ3n) is 3.94. The zero-order valence-corrected chi connectivity index (χ0v) is 12.3. The Hall–Kier alpha value is -1.88. The van der Waals surface area contributed by atoms with Crippen LogP contribution in [0.4, 0.5) is 0 Å². The largest absolute Gasteiger partial charge is 0.376 e. The van der Waals surface area contributed by atoms with Gasteiger partial charge in [-0.2, -0.15) is 5.10 Å². The van der Waals surface area contributed by atoms with E-state index < -0.39 is 0 Å². The average molecular weight is 287 g/mol. The number of carbonyl (C=O) groups excluding carboxylic acids is 1. The first-order valence-electron chi connectivity index (χ1n) is 7.54. The molecule has 0 spiro atoms. The second-order valence-corrected chi connectivity index (χ2v) is 5.51. The van der Waals surface area contributed by atoms with Crippen molar-refractivity contribution in [3.05, 3.63) is 30.0 Å². The summed E-state index contributed by atoms with van der Waals surface area (Å²) in [7, 11) is 0. The molecular weight excluding hydrogens is 266 g/mol. The molecule has 1 atom stereocenters. The van der Waals surface area contributed by atoms with Crippen LogP contribution in [0.25, 0.3) is 10.9 Å². The molecule has 0 saturated carbocycles. The van der Waals surface area contributed by atoms with Crippen molar-refractivity contribution in [1.29, 1.82) is 0 Å². The van der Waals surface area contributed by atoms with Crippen molar-refractivity contribution < 1.29 is 9.53 Å². The highest BCUT2D eigenvalue weighted by Gasteiger charge is 2.16. The molecule has 0 unspecified atom stereocenters. The molecule has 1 aromatic carbocycles. The third-order valence-corrected chi connectivity index (χ3v) is 3.94. The number of rotatable bonds is 5. The van der Waals surface area contributed by atoms with E-state index in [1.54, 1.807) is 0 Å². The van der Waals surface area contributed by atoms with Crippen molar-refractivity contribution in [3.8, 4) is 0 Å². The Kier molecular flexibility index (Phi) is 4.20. The fourth-order valence-corrected chi connectivity index (χ4v) is 2.79. The summed E-state index contributed by atoms with van der Waals surface area (Å²) in [6, 6.07) is 8.11. The van der Waals surface area contributed by atoms with Crippen LogP contribution in [0.2, 0.25) is 0 Å². The lowest BCUT2D eigenvalue weighted by molar-refractivity contribution is -0.121. The molecule has 3 rings (SSSR count). The molecule has 112 valence electrons. The van der Waals surface area contributed by atoms with E-state index in [0.29, 0.717) is 19.5 Å². The van der Waals surface area contributed by atoms with Gasteiger partial charge in [0.1, 0.15) is 0 Å². The third kappa shape index (κ3) is 3.24. The topological polar surface area (TPSA) is 56.2 Å². The van der Waals surface area contributed by atoms with Gasteiger partial charge < -0.3 is 10.1 Å². The lowest BCUT2D eigenvalue weighted by atomic mass is 10.2. The smallest absolute Gasteiger partial charge is 0.221 e. The van der Waals surface area contributed by atoms with Crippen LogP contribution in [0.15, 0.2) is 24.3 Å². The maximum Gasteiger partial charge on any atom is 0.221 e. The molecule has 5 nitrogen and oxygen atoms in total. The number of hydrogen-bond acceptors (Lipinski definition) is 3. The fourth-order valence-electron chi connectivity index (χ4n) is 2.79. The Morgan fingerprint density at radius 3 is 3.14 bits per heavy atom. The summed E-state index contributed by atoms with van der Waals surface area (Å²) in [6.45, 7) is 4.04. The number of amides is 1. The lowest BCUT2D eigenvalue weighted by Crippen LogP contribution is -2.32. The summed E-state index contributed by atoms with van der Waals surface area (Å²) < 4.78 is 7.41. The SMILES string of the molecule is Cc1nn(CCC(=O)NC[C@H]2CCCO2)c2ccccc12. The number of fused-ring (bicyclic) bond motifs is 1. The summed E-state index contributed by atoms with van der Waals surface area (Å²) in [4.78, 5) is 11.9. The van der Waals surface area contributed by atoms with Crippen LogP contribution in [0.5, 0.6) is 0 Å². The van der Waals surface area contributed by atoms with E-state index in [0.717, 1.165) is 36.0 Å². The van der Waals surface area contributed by atoms with Gasteiger partial charge in [0.15, 0.2) is 0 Å². The molecular formula is C16H21N3O2. The number of hydrogen-bond donors (Lipinski definition) is 1.